The van der Waals surface area contributed by atoms with Crippen molar-refractivity contribution in [1.29, 1.82) is 0 Å². The number of carbonyl (C=O) groups excluding carboxylic acids is 1. The Bertz CT molecular complexity index is 259. The van der Waals surface area contributed by atoms with E-state index in [0.29, 0.717) is 5.91 Å². The maximum atomic E-state index is 12.5. The van der Waals surface area contributed by atoms with Crippen LogP contribution in [0.3, 0.4) is 0 Å². The van der Waals surface area contributed by atoms with Gasteiger partial charge in [0, 0.05) is 12.0 Å². The van der Waals surface area contributed by atoms with E-state index in [1.54, 1.807) is 0 Å². The Hall–Kier alpha value is -0.570. The van der Waals surface area contributed by atoms with Crippen LogP contribution in [0.15, 0.2) is 0 Å². The molecule has 0 spiro atoms. The van der Waals surface area contributed by atoms with Crippen molar-refractivity contribution in [2.24, 2.45) is 5.41 Å². The van der Waals surface area contributed by atoms with Gasteiger partial charge in [-0.1, -0.05) is 19.8 Å². The van der Waals surface area contributed by atoms with Gasteiger partial charge in [0.1, 0.15) is 0 Å². The summed E-state index contributed by atoms with van der Waals surface area (Å²) in [5, 5.41) is 9.34. The fourth-order valence-electron chi connectivity index (χ4n) is 3.17. The van der Waals surface area contributed by atoms with Gasteiger partial charge in [-0.05, 0) is 32.1 Å². The molecule has 2 fully saturated rings. The van der Waals surface area contributed by atoms with Gasteiger partial charge in [0.2, 0.25) is 5.91 Å². The van der Waals surface area contributed by atoms with Crippen LogP contribution in [-0.4, -0.2) is 35.1 Å². The van der Waals surface area contributed by atoms with Crippen molar-refractivity contribution < 1.29 is 9.90 Å². The molecule has 1 N–H and O–H groups in total. The summed E-state index contributed by atoms with van der Waals surface area (Å²) in [5.74, 6) is 0.295. The summed E-state index contributed by atoms with van der Waals surface area (Å²) in [4.78, 5) is 14.5. The lowest BCUT2D eigenvalue weighted by Crippen LogP contribution is -2.50. The van der Waals surface area contributed by atoms with Gasteiger partial charge >= 0.3 is 0 Å². The van der Waals surface area contributed by atoms with E-state index >= 15 is 0 Å². The molecule has 16 heavy (non-hydrogen) atoms. The zero-order valence-corrected chi connectivity index (χ0v) is 10.2. The topological polar surface area (TPSA) is 40.5 Å². The lowest BCUT2D eigenvalue weighted by molar-refractivity contribution is -0.145. The molecule has 0 aromatic carbocycles. The molecular formula is C13H23NO2. The largest absolute Gasteiger partial charge is 0.394 e. The first kappa shape index (κ1) is 11.9. The molecule has 0 bridgehead atoms. The van der Waals surface area contributed by atoms with Crippen LogP contribution in [0.1, 0.15) is 51.9 Å². The minimum Gasteiger partial charge on any atom is -0.394 e. The summed E-state index contributed by atoms with van der Waals surface area (Å²) in [7, 11) is 0. The fraction of sp³-hybridized carbons (Fsp3) is 0.923. The number of likely N-dealkylation sites (tertiary alicyclic amines) is 1. The first-order valence-corrected chi connectivity index (χ1v) is 6.59. The van der Waals surface area contributed by atoms with Crippen LogP contribution in [0.5, 0.6) is 0 Å². The molecule has 1 aliphatic heterocycles. The van der Waals surface area contributed by atoms with Crippen LogP contribution in [-0.2, 0) is 4.79 Å². The van der Waals surface area contributed by atoms with E-state index in [4.69, 9.17) is 0 Å². The van der Waals surface area contributed by atoms with Crippen molar-refractivity contribution >= 4 is 5.91 Å². The molecule has 1 aliphatic carbocycles. The van der Waals surface area contributed by atoms with Crippen molar-refractivity contribution in [3.8, 4) is 0 Å². The molecule has 0 aromatic rings. The van der Waals surface area contributed by atoms with E-state index in [2.05, 4.69) is 6.92 Å². The monoisotopic (exact) mass is 225 g/mol. The third kappa shape index (κ3) is 2.10. The van der Waals surface area contributed by atoms with Gasteiger partial charge in [-0.3, -0.25) is 4.79 Å². The molecule has 1 unspecified atom stereocenters. The molecule has 1 amide bonds. The number of aliphatic hydroxyl groups excluding tert-OH is 1. The third-order valence-electron chi connectivity index (χ3n) is 4.32. The second-order valence-corrected chi connectivity index (χ2v) is 5.60. The number of nitrogens with zero attached hydrogens (tertiary/aromatic N) is 1. The van der Waals surface area contributed by atoms with Crippen LogP contribution in [0.25, 0.3) is 0 Å². The molecule has 1 atom stereocenters. The Morgan fingerprint density at radius 1 is 1.31 bits per heavy atom. The van der Waals surface area contributed by atoms with Gasteiger partial charge in [0.25, 0.3) is 0 Å². The maximum absolute atomic E-state index is 12.5. The number of hydrogen-bond donors (Lipinski definition) is 1. The second-order valence-electron chi connectivity index (χ2n) is 5.60. The van der Waals surface area contributed by atoms with Gasteiger partial charge < -0.3 is 10.0 Å². The lowest BCUT2D eigenvalue weighted by Gasteiger charge is -2.39. The van der Waals surface area contributed by atoms with Crippen LogP contribution in [0.4, 0.5) is 0 Å². The highest BCUT2D eigenvalue weighted by molar-refractivity contribution is 5.83. The predicted molar refractivity (Wildman–Crippen MR) is 63.0 cm³/mol. The van der Waals surface area contributed by atoms with Gasteiger partial charge in [-0.25, -0.2) is 0 Å². The summed E-state index contributed by atoms with van der Waals surface area (Å²) >= 11 is 0. The summed E-state index contributed by atoms with van der Waals surface area (Å²) in [6, 6.07) is 0.0821. The number of carbonyl (C=O) groups is 1. The molecular weight excluding hydrogens is 202 g/mol. The molecule has 2 rings (SSSR count). The number of rotatable bonds is 2. The average Bonchev–Trinajstić information content (AvgIpc) is 2.76. The summed E-state index contributed by atoms with van der Waals surface area (Å²) in [6.07, 6.45) is 7.63. The molecule has 1 saturated carbocycles. The van der Waals surface area contributed by atoms with E-state index in [9.17, 15) is 9.90 Å². The SMILES string of the molecule is CC1(C(=O)N2CCCCC2CO)CCCC1. The third-order valence-corrected chi connectivity index (χ3v) is 4.32. The highest BCUT2D eigenvalue weighted by Crippen LogP contribution is 2.40. The summed E-state index contributed by atoms with van der Waals surface area (Å²) in [5.41, 5.74) is -0.134. The van der Waals surface area contributed by atoms with Crippen molar-refractivity contribution in [2.75, 3.05) is 13.2 Å². The zero-order chi connectivity index (χ0) is 11.6. The van der Waals surface area contributed by atoms with Crippen LogP contribution >= 0.6 is 0 Å². The fourth-order valence-corrected chi connectivity index (χ4v) is 3.17. The van der Waals surface area contributed by atoms with Gasteiger partial charge in [-0.15, -0.1) is 0 Å². The van der Waals surface area contributed by atoms with E-state index in [0.717, 1.165) is 38.6 Å². The van der Waals surface area contributed by atoms with Crippen LogP contribution in [0.2, 0.25) is 0 Å². The van der Waals surface area contributed by atoms with Gasteiger partial charge in [0.05, 0.1) is 12.6 Å². The molecule has 1 saturated heterocycles. The maximum Gasteiger partial charge on any atom is 0.228 e. The molecule has 2 aliphatic rings. The van der Waals surface area contributed by atoms with Crippen LogP contribution < -0.4 is 0 Å². The Morgan fingerprint density at radius 2 is 2.00 bits per heavy atom. The lowest BCUT2D eigenvalue weighted by atomic mass is 9.85. The smallest absolute Gasteiger partial charge is 0.228 e. The Balaban J connectivity index is 2.07. The number of amides is 1. The molecule has 1 heterocycles. The quantitative estimate of drug-likeness (QED) is 0.780. The minimum atomic E-state index is -0.134. The van der Waals surface area contributed by atoms with Crippen molar-refractivity contribution in [3.63, 3.8) is 0 Å². The first-order chi connectivity index (χ1) is 7.67. The molecule has 0 radical (unpaired) electrons. The average molecular weight is 225 g/mol. The molecule has 3 heteroatoms. The Morgan fingerprint density at radius 3 is 2.62 bits per heavy atom. The second kappa shape index (κ2) is 4.74. The minimum absolute atomic E-state index is 0.0821. The van der Waals surface area contributed by atoms with E-state index < -0.39 is 0 Å². The number of hydrogen-bond acceptors (Lipinski definition) is 2. The van der Waals surface area contributed by atoms with Gasteiger partial charge in [0.15, 0.2) is 0 Å². The van der Waals surface area contributed by atoms with Crippen molar-refractivity contribution in [2.45, 2.75) is 57.9 Å². The highest BCUT2D eigenvalue weighted by atomic mass is 16.3. The molecule has 0 aromatic heterocycles. The van der Waals surface area contributed by atoms with E-state index in [1.165, 1.54) is 12.8 Å². The van der Waals surface area contributed by atoms with Crippen molar-refractivity contribution in [1.82, 2.24) is 4.90 Å². The summed E-state index contributed by atoms with van der Waals surface area (Å²) < 4.78 is 0. The predicted octanol–water partition coefficient (Wildman–Crippen LogP) is 1.94. The number of aliphatic hydroxyl groups is 1. The van der Waals surface area contributed by atoms with Gasteiger partial charge in [-0.2, -0.15) is 0 Å². The zero-order valence-electron chi connectivity index (χ0n) is 10.2. The normalized spacial score (nSPS) is 29.4. The molecule has 92 valence electrons. The Kier molecular flexibility index (Phi) is 3.53. The van der Waals surface area contributed by atoms with Crippen LogP contribution in [0, 0.1) is 5.41 Å². The Labute approximate surface area is 97.8 Å². The standard InChI is InChI=1S/C13H23NO2/c1-13(7-3-4-8-13)12(16)14-9-5-2-6-11(14)10-15/h11,15H,2-10H2,1H3. The number of piperidine rings is 1. The van der Waals surface area contributed by atoms with Crippen molar-refractivity contribution in [3.05, 3.63) is 0 Å². The summed E-state index contributed by atoms with van der Waals surface area (Å²) in [6.45, 7) is 3.08. The van der Waals surface area contributed by atoms with E-state index in [1.807, 2.05) is 4.90 Å². The van der Waals surface area contributed by atoms with E-state index in [-0.39, 0.29) is 18.1 Å². The highest BCUT2D eigenvalue weighted by Gasteiger charge is 2.41. The molecule has 3 nitrogen and oxygen atoms in total. The first-order valence-electron chi connectivity index (χ1n) is 6.59.